The van der Waals surface area contributed by atoms with Crippen molar-refractivity contribution < 1.29 is 4.74 Å². The Bertz CT molecular complexity index is 3030. The number of fused-ring (bicyclic) bond motifs is 3. The Hall–Kier alpha value is -8.03. The van der Waals surface area contributed by atoms with Crippen LogP contribution in [0.3, 0.4) is 0 Å². The number of terminal acetylenes is 1. The van der Waals surface area contributed by atoms with E-state index in [1.54, 1.807) is 6.20 Å². The van der Waals surface area contributed by atoms with Crippen LogP contribution in [0, 0.1) is 12.5 Å². The van der Waals surface area contributed by atoms with Gasteiger partial charge in [0.25, 0.3) is 0 Å². The number of allylic oxidation sites excluding steroid dienone is 6. The molecule has 61 heavy (non-hydrogen) atoms. The SMILES string of the molecule is C#COc1ccc(-c2cccnc2)cc1C/C=C(\C=C/C)n1c2c(c3cc(-c4ccccc4-c4ccccn4)ccc31)C=C=C(c1ccccc1-c1ccccn1)C=C2.CC. The second-order valence-electron chi connectivity index (χ2n) is 14.0. The Morgan fingerprint density at radius 1 is 0.705 bits per heavy atom. The molecule has 0 fully saturated rings. The molecule has 0 amide bonds. The smallest absolute Gasteiger partial charge is 0.143 e. The van der Waals surface area contributed by atoms with E-state index >= 15 is 0 Å². The van der Waals surface area contributed by atoms with E-state index in [0.29, 0.717) is 12.2 Å². The van der Waals surface area contributed by atoms with E-state index in [-0.39, 0.29) is 0 Å². The summed E-state index contributed by atoms with van der Waals surface area (Å²) in [5.41, 5.74) is 19.2. The third kappa shape index (κ3) is 8.31. The standard InChI is InChI=1S/C54H38N4O.C2H6/c1-3-14-43(27-22-41-35-39(26-31-54(41)59-4-2)42-15-13-32-55-37-42)58-52-29-24-38(44-16-5-7-18-46(44)50-20-9-11-33-56-50)23-28-48(52)49-36-40(25-30-53(49)58)45-17-6-8-19-47(45)51-21-10-12-34-57-51;1-2/h2-3,5-21,24-37H,22H2,1H3;1-2H3/b14-3-,43-27+;. The first-order valence-electron chi connectivity index (χ1n) is 20.5. The summed E-state index contributed by atoms with van der Waals surface area (Å²) in [6.07, 6.45) is 28.9. The summed E-state index contributed by atoms with van der Waals surface area (Å²) in [6, 6.07) is 45.7. The van der Waals surface area contributed by atoms with Crippen molar-refractivity contribution in [1.29, 1.82) is 0 Å². The van der Waals surface area contributed by atoms with Crippen LogP contribution in [0.25, 0.3) is 79.1 Å². The Balaban J connectivity index is 0.00000253. The van der Waals surface area contributed by atoms with Crippen LogP contribution < -0.4 is 4.74 Å². The lowest BCUT2D eigenvalue weighted by molar-refractivity contribution is 0.515. The van der Waals surface area contributed by atoms with E-state index < -0.39 is 0 Å². The summed E-state index contributed by atoms with van der Waals surface area (Å²) < 4.78 is 8.04. The topological polar surface area (TPSA) is 52.8 Å². The molecule has 0 N–H and O–H groups in total. The van der Waals surface area contributed by atoms with E-state index in [0.717, 1.165) is 89.3 Å². The molecule has 9 rings (SSSR count). The fourth-order valence-electron chi connectivity index (χ4n) is 7.80. The zero-order valence-electron chi connectivity index (χ0n) is 34.5. The lowest BCUT2D eigenvalue weighted by Crippen LogP contribution is -2.00. The van der Waals surface area contributed by atoms with Gasteiger partial charge >= 0.3 is 0 Å². The molecule has 0 bridgehead atoms. The highest BCUT2D eigenvalue weighted by molar-refractivity contribution is 6.02. The number of benzene rings is 4. The molecule has 0 aliphatic heterocycles. The summed E-state index contributed by atoms with van der Waals surface area (Å²) >= 11 is 0. The highest BCUT2D eigenvalue weighted by atomic mass is 16.5. The monoisotopic (exact) mass is 788 g/mol. The first-order chi connectivity index (χ1) is 30.2. The summed E-state index contributed by atoms with van der Waals surface area (Å²) in [4.78, 5) is 13.7. The van der Waals surface area contributed by atoms with Crippen LogP contribution in [-0.2, 0) is 6.42 Å². The quantitative estimate of drug-likeness (QED) is 0.0787. The van der Waals surface area contributed by atoms with Crippen LogP contribution in [0.1, 0.15) is 43.2 Å². The molecule has 5 heteroatoms. The number of hydrogen-bond acceptors (Lipinski definition) is 4. The maximum absolute atomic E-state index is 5.70. The minimum Gasteiger partial charge on any atom is -0.408 e. The molecule has 4 heterocycles. The van der Waals surface area contributed by atoms with E-state index in [9.17, 15) is 0 Å². The molecule has 4 aromatic heterocycles. The van der Waals surface area contributed by atoms with Gasteiger partial charge in [0.1, 0.15) is 11.9 Å². The largest absolute Gasteiger partial charge is 0.408 e. The van der Waals surface area contributed by atoms with E-state index in [1.165, 1.54) is 0 Å². The lowest BCUT2D eigenvalue weighted by atomic mass is 9.95. The molecule has 8 aromatic rings. The van der Waals surface area contributed by atoms with Crippen LogP contribution in [-0.4, -0.2) is 19.5 Å². The van der Waals surface area contributed by atoms with Gasteiger partial charge in [-0.2, -0.15) is 0 Å². The average Bonchev–Trinajstić information content (AvgIpc) is 3.47. The first kappa shape index (κ1) is 39.8. The maximum atomic E-state index is 5.70. The van der Waals surface area contributed by atoms with Gasteiger partial charge in [-0.3, -0.25) is 15.0 Å². The number of aromatic nitrogens is 4. The average molecular weight is 789 g/mol. The van der Waals surface area contributed by atoms with Crippen molar-refractivity contribution in [2.24, 2.45) is 0 Å². The van der Waals surface area contributed by atoms with Crippen molar-refractivity contribution in [3.8, 4) is 63.0 Å². The fraction of sp³-hybridized carbons (Fsp3) is 0.0714. The molecular weight excluding hydrogens is 745 g/mol. The van der Waals surface area contributed by atoms with Gasteiger partial charge in [0.15, 0.2) is 0 Å². The summed E-state index contributed by atoms with van der Waals surface area (Å²) in [5, 5.41) is 1.11. The zero-order valence-corrected chi connectivity index (χ0v) is 34.5. The van der Waals surface area contributed by atoms with Crippen molar-refractivity contribution in [2.75, 3.05) is 0 Å². The molecule has 0 radical (unpaired) electrons. The molecule has 4 aromatic carbocycles. The van der Waals surface area contributed by atoms with Crippen LogP contribution in [0.4, 0.5) is 0 Å². The molecule has 1 aliphatic rings. The Kier molecular flexibility index (Phi) is 12.2. The predicted molar refractivity (Wildman–Crippen MR) is 254 cm³/mol. The highest BCUT2D eigenvalue weighted by Gasteiger charge is 2.20. The summed E-state index contributed by atoms with van der Waals surface area (Å²) in [7, 11) is 0. The number of nitrogens with zero attached hydrogens (tertiary/aromatic N) is 4. The number of rotatable bonds is 10. The van der Waals surface area contributed by atoms with Crippen molar-refractivity contribution in [3.63, 3.8) is 0 Å². The van der Waals surface area contributed by atoms with E-state index in [4.69, 9.17) is 16.1 Å². The second kappa shape index (κ2) is 18.7. The van der Waals surface area contributed by atoms with Crippen LogP contribution in [0.2, 0.25) is 0 Å². The van der Waals surface area contributed by atoms with Crippen molar-refractivity contribution in [1.82, 2.24) is 19.5 Å². The Labute approximate surface area is 358 Å². The molecule has 0 spiro atoms. The fourth-order valence-corrected chi connectivity index (χ4v) is 7.80. The zero-order chi connectivity index (χ0) is 42.0. The minimum atomic E-state index is 0.565. The van der Waals surface area contributed by atoms with Crippen LogP contribution >= 0.6 is 0 Å². The number of hydrogen-bond donors (Lipinski definition) is 0. The molecule has 0 saturated carbocycles. The van der Waals surface area contributed by atoms with Gasteiger partial charge in [-0.25, -0.2) is 0 Å². The van der Waals surface area contributed by atoms with Crippen molar-refractivity contribution >= 4 is 34.3 Å². The molecule has 0 saturated heterocycles. The Morgan fingerprint density at radius 2 is 1.39 bits per heavy atom. The highest BCUT2D eigenvalue weighted by Crippen LogP contribution is 2.40. The van der Waals surface area contributed by atoms with Crippen molar-refractivity contribution in [2.45, 2.75) is 27.2 Å². The van der Waals surface area contributed by atoms with E-state index in [2.05, 4.69) is 148 Å². The molecule has 1 aliphatic carbocycles. The van der Waals surface area contributed by atoms with Gasteiger partial charge in [0.2, 0.25) is 0 Å². The first-order valence-corrected chi connectivity index (χ1v) is 20.5. The van der Waals surface area contributed by atoms with Gasteiger partial charge in [-0.05, 0) is 114 Å². The van der Waals surface area contributed by atoms with Gasteiger partial charge in [0, 0.05) is 69.3 Å². The van der Waals surface area contributed by atoms with Gasteiger partial charge in [-0.1, -0.05) is 111 Å². The third-order valence-corrected chi connectivity index (χ3v) is 10.5. The normalized spacial score (nSPS) is 12.0. The van der Waals surface area contributed by atoms with Crippen molar-refractivity contribution in [3.05, 3.63) is 211 Å². The molecular formula is C56H44N4O. The molecule has 0 atom stereocenters. The summed E-state index contributed by atoms with van der Waals surface area (Å²) in [6.45, 7) is 6.05. The molecule has 294 valence electrons. The second-order valence-corrected chi connectivity index (χ2v) is 14.0. The number of ether oxygens (including phenoxy) is 1. The minimum absolute atomic E-state index is 0.565. The predicted octanol–water partition coefficient (Wildman–Crippen LogP) is 13.9. The van der Waals surface area contributed by atoms with Gasteiger partial charge in [-0.15, -0.1) is 5.73 Å². The third-order valence-electron chi connectivity index (χ3n) is 10.5. The molecule has 0 unspecified atom stereocenters. The van der Waals surface area contributed by atoms with E-state index in [1.807, 2.05) is 87.9 Å². The summed E-state index contributed by atoms with van der Waals surface area (Å²) in [5.74, 6) is 0.645. The number of pyridine rings is 3. The lowest BCUT2D eigenvalue weighted by Gasteiger charge is -2.14. The van der Waals surface area contributed by atoms with Gasteiger partial charge in [0.05, 0.1) is 22.6 Å². The van der Waals surface area contributed by atoms with Gasteiger partial charge < -0.3 is 9.30 Å². The van der Waals surface area contributed by atoms with Crippen LogP contribution in [0.5, 0.6) is 5.75 Å². The molecule has 5 nitrogen and oxygen atoms in total. The van der Waals surface area contributed by atoms with Crippen LogP contribution in [0.15, 0.2) is 188 Å². The Morgan fingerprint density at radius 3 is 2.07 bits per heavy atom. The maximum Gasteiger partial charge on any atom is 0.143 e.